The average molecular weight is 234 g/mol. The van der Waals surface area contributed by atoms with E-state index in [1.54, 1.807) is 12.3 Å². The molecule has 0 unspecified atom stereocenters. The number of hydrogen-bond acceptors (Lipinski definition) is 2. The van der Waals surface area contributed by atoms with Gasteiger partial charge in [-0.3, -0.25) is 4.21 Å². The van der Waals surface area contributed by atoms with Crippen molar-refractivity contribution in [2.24, 2.45) is 0 Å². The van der Waals surface area contributed by atoms with E-state index < -0.39 is 10.8 Å². The first-order valence-corrected chi connectivity index (χ1v) is 6.55. The molecule has 0 saturated heterocycles. The Hall–Kier alpha value is -1.35. The molecule has 0 aliphatic rings. The number of hydrogen-bond donors (Lipinski definition) is 0. The van der Waals surface area contributed by atoms with Crippen molar-refractivity contribution in [3.8, 4) is 0 Å². The van der Waals surface area contributed by atoms with E-state index in [9.17, 15) is 4.21 Å². The number of benzene rings is 1. The van der Waals surface area contributed by atoms with E-state index in [0.717, 1.165) is 17.1 Å². The fraction of sp³-hybridized carbons (Fsp3) is 0.231. The first kappa shape index (κ1) is 11.1. The third kappa shape index (κ3) is 2.61. The van der Waals surface area contributed by atoms with Crippen LogP contribution in [0.2, 0.25) is 0 Å². The molecule has 0 spiro atoms. The molecule has 2 aromatic rings. The maximum absolute atomic E-state index is 12.0. The monoisotopic (exact) mass is 234 g/mol. The van der Waals surface area contributed by atoms with Crippen LogP contribution < -0.4 is 0 Å². The Balaban J connectivity index is 1.97. The molecule has 1 aromatic carbocycles. The molecule has 0 saturated carbocycles. The van der Waals surface area contributed by atoms with Gasteiger partial charge in [0.25, 0.3) is 0 Å². The Morgan fingerprint density at radius 1 is 1.19 bits per heavy atom. The van der Waals surface area contributed by atoms with E-state index in [4.69, 9.17) is 4.42 Å². The Morgan fingerprint density at radius 3 is 2.56 bits per heavy atom. The molecule has 0 bridgehead atoms. The topological polar surface area (TPSA) is 30.2 Å². The Kier molecular flexibility index (Phi) is 3.57. The van der Waals surface area contributed by atoms with Gasteiger partial charge in [0.05, 0.1) is 22.0 Å². The second-order valence-electron chi connectivity index (χ2n) is 3.63. The highest BCUT2D eigenvalue weighted by atomic mass is 32.2. The molecule has 1 atom stereocenters. The molecule has 16 heavy (non-hydrogen) atoms. The molecular formula is C13H14O2S. The molecule has 0 fully saturated rings. The fourth-order valence-electron chi connectivity index (χ4n) is 1.57. The van der Waals surface area contributed by atoms with Gasteiger partial charge in [-0.25, -0.2) is 0 Å². The predicted molar refractivity (Wildman–Crippen MR) is 64.9 cm³/mol. The van der Waals surface area contributed by atoms with Crippen LogP contribution in [-0.4, -0.2) is 9.96 Å². The Bertz CT molecular complexity index is 474. The average Bonchev–Trinajstić information content (AvgIpc) is 2.74. The summed E-state index contributed by atoms with van der Waals surface area (Å²) in [5.41, 5.74) is 1.22. The van der Waals surface area contributed by atoms with Gasteiger partial charge < -0.3 is 4.42 Å². The lowest BCUT2D eigenvalue weighted by molar-refractivity contribution is 0.526. The van der Waals surface area contributed by atoms with Crippen molar-refractivity contribution in [3.63, 3.8) is 0 Å². The van der Waals surface area contributed by atoms with Crippen LogP contribution in [-0.2, 0) is 17.2 Å². The third-order valence-corrected chi connectivity index (χ3v) is 3.96. The highest BCUT2D eigenvalue weighted by Crippen LogP contribution is 2.14. The molecule has 84 valence electrons. The normalized spacial score (nSPS) is 12.6. The van der Waals surface area contributed by atoms with Gasteiger partial charge in [0.1, 0.15) is 5.76 Å². The molecule has 3 heteroatoms. The van der Waals surface area contributed by atoms with Gasteiger partial charge in [-0.1, -0.05) is 30.3 Å². The SMILES string of the molecule is Cc1occc1[S@](=O)CCc1ccccc1. The summed E-state index contributed by atoms with van der Waals surface area (Å²) in [6.07, 6.45) is 2.42. The van der Waals surface area contributed by atoms with Crippen LogP contribution in [0.25, 0.3) is 0 Å². The summed E-state index contributed by atoms with van der Waals surface area (Å²) in [5, 5.41) is 0. The van der Waals surface area contributed by atoms with E-state index >= 15 is 0 Å². The van der Waals surface area contributed by atoms with E-state index in [0.29, 0.717) is 5.75 Å². The first-order chi connectivity index (χ1) is 7.77. The first-order valence-electron chi connectivity index (χ1n) is 5.24. The molecule has 1 heterocycles. The molecular weight excluding hydrogens is 220 g/mol. The summed E-state index contributed by atoms with van der Waals surface area (Å²) in [5.74, 6) is 1.40. The largest absolute Gasteiger partial charge is 0.468 e. The fourth-order valence-corrected chi connectivity index (χ4v) is 2.79. The van der Waals surface area contributed by atoms with Gasteiger partial charge in [-0.05, 0) is 25.0 Å². The predicted octanol–water partition coefficient (Wildman–Crippen LogP) is 2.94. The van der Waals surface area contributed by atoms with Gasteiger partial charge in [0, 0.05) is 5.75 Å². The molecule has 2 rings (SSSR count). The van der Waals surface area contributed by atoms with E-state index in [2.05, 4.69) is 12.1 Å². The van der Waals surface area contributed by atoms with Crippen molar-refractivity contribution in [1.82, 2.24) is 0 Å². The molecule has 2 nitrogen and oxygen atoms in total. The van der Waals surface area contributed by atoms with Crippen molar-refractivity contribution in [2.45, 2.75) is 18.2 Å². The van der Waals surface area contributed by atoms with E-state index in [-0.39, 0.29) is 0 Å². The van der Waals surface area contributed by atoms with Crippen LogP contribution in [0, 0.1) is 6.92 Å². The third-order valence-electron chi connectivity index (χ3n) is 2.48. The smallest absolute Gasteiger partial charge is 0.116 e. The van der Waals surface area contributed by atoms with Crippen LogP contribution >= 0.6 is 0 Å². The van der Waals surface area contributed by atoms with Gasteiger partial charge in [0.2, 0.25) is 0 Å². The second kappa shape index (κ2) is 5.12. The zero-order chi connectivity index (χ0) is 11.4. The highest BCUT2D eigenvalue weighted by molar-refractivity contribution is 7.85. The summed E-state index contributed by atoms with van der Waals surface area (Å²) < 4.78 is 17.1. The van der Waals surface area contributed by atoms with Crippen molar-refractivity contribution < 1.29 is 8.63 Å². The number of aryl methyl sites for hydroxylation is 2. The van der Waals surface area contributed by atoms with Crippen LogP contribution in [0.1, 0.15) is 11.3 Å². The maximum Gasteiger partial charge on any atom is 0.116 e. The van der Waals surface area contributed by atoms with Gasteiger partial charge in [0.15, 0.2) is 0 Å². The minimum Gasteiger partial charge on any atom is -0.468 e. The summed E-state index contributed by atoms with van der Waals surface area (Å²) >= 11 is 0. The van der Waals surface area contributed by atoms with Crippen molar-refractivity contribution in [1.29, 1.82) is 0 Å². The Labute approximate surface area is 97.8 Å². The quantitative estimate of drug-likeness (QED) is 0.814. The summed E-state index contributed by atoms with van der Waals surface area (Å²) in [6, 6.07) is 11.9. The van der Waals surface area contributed by atoms with Gasteiger partial charge in [-0.15, -0.1) is 0 Å². The summed E-state index contributed by atoms with van der Waals surface area (Å²) in [6.45, 7) is 1.84. The molecule has 0 aliphatic carbocycles. The minimum absolute atomic E-state index is 0.643. The molecule has 0 aliphatic heterocycles. The van der Waals surface area contributed by atoms with Crippen LogP contribution in [0.15, 0.2) is 52.0 Å². The maximum atomic E-state index is 12.0. The van der Waals surface area contributed by atoms with Crippen LogP contribution in [0.4, 0.5) is 0 Å². The lowest BCUT2D eigenvalue weighted by Gasteiger charge is -2.01. The summed E-state index contributed by atoms with van der Waals surface area (Å²) in [4.78, 5) is 0.816. The molecule has 0 radical (unpaired) electrons. The van der Waals surface area contributed by atoms with E-state index in [1.165, 1.54) is 5.56 Å². The summed E-state index contributed by atoms with van der Waals surface area (Å²) in [7, 11) is -0.958. The number of furan rings is 1. The molecule has 1 aromatic heterocycles. The van der Waals surface area contributed by atoms with Crippen molar-refractivity contribution in [3.05, 3.63) is 54.0 Å². The standard InChI is InChI=1S/C13H14O2S/c1-11-13(7-9-15-11)16(14)10-8-12-5-3-2-4-6-12/h2-7,9H,8,10H2,1H3/t16-/m1/s1. The van der Waals surface area contributed by atoms with Gasteiger partial charge in [-0.2, -0.15) is 0 Å². The molecule has 0 amide bonds. The Morgan fingerprint density at radius 2 is 1.94 bits per heavy atom. The van der Waals surface area contributed by atoms with Crippen molar-refractivity contribution >= 4 is 10.8 Å². The van der Waals surface area contributed by atoms with Crippen molar-refractivity contribution in [2.75, 3.05) is 5.75 Å². The second-order valence-corrected chi connectivity index (χ2v) is 5.17. The van der Waals surface area contributed by atoms with E-state index in [1.807, 2.05) is 25.1 Å². The molecule has 0 N–H and O–H groups in total. The zero-order valence-corrected chi connectivity index (χ0v) is 10.00. The number of rotatable bonds is 4. The highest BCUT2D eigenvalue weighted by Gasteiger charge is 2.09. The van der Waals surface area contributed by atoms with Crippen LogP contribution in [0.5, 0.6) is 0 Å². The van der Waals surface area contributed by atoms with Crippen LogP contribution in [0.3, 0.4) is 0 Å². The minimum atomic E-state index is -0.958. The van der Waals surface area contributed by atoms with Gasteiger partial charge >= 0.3 is 0 Å². The lowest BCUT2D eigenvalue weighted by atomic mass is 10.2. The lowest BCUT2D eigenvalue weighted by Crippen LogP contribution is -2.01. The zero-order valence-electron chi connectivity index (χ0n) is 9.18.